The Kier molecular flexibility index (Phi) is 11.2. The highest BCUT2D eigenvalue weighted by molar-refractivity contribution is 8.00. The summed E-state index contributed by atoms with van der Waals surface area (Å²) in [6, 6.07) is 43.7. The standard InChI is InChI=1S/C44H44N2O5S/c1-30(2)40(27-47)45-41(48)43(3,46-42(49)51-28-39-37-21-13-11-19-35(37)36-20-12-14-22-38(36)39)29-52-44(31-15-7-5-8-16-31,32-17-9-6-10-18-32)33-23-25-34(50-4)26-24-33/h5-27,30,39-40H,28-29H2,1-4H3,(H,45,48)(H,46,49)/t40-,43-/m0/s1. The van der Waals surface area contributed by atoms with Crippen LogP contribution in [0.3, 0.4) is 0 Å². The SMILES string of the molecule is COc1ccc(C(SC[C@](C)(NC(=O)OCC2c3ccccc3-c3ccccc32)C(=O)N[C@@H](C=O)C(C)C)(c2ccccc2)c2ccccc2)cc1. The Labute approximate surface area is 310 Å². The Morgan fingerprint density at radius 1 is 0.750 bits per heavy atom. The van der Waals surface area contributed by atoms with Crippen molar-refractivity contribution >= 4 is 30.0 Å². The molecule has 2 amide bonds. The number of fused-ring (bicyclic) bond motifs is 3. The second-order valence-electron chi connectivity index (χ2n) is 13.6. The third kappa shape index (κ3) is 7.34. The summed E-state index contributed by atoms with van der Waals surface area (Å²) < 4.78 is 10.6. The third-order valence-corrected chi connectivity index (χ3v) is 11.7. The summed E-state index contributed by atoms with van der Waals surface area (Å²) in [5.74, 6) is 0.0666. The Morgan fingerprint density at radius 2 is 1.25 bits per heavy atom. The maximum Gasteiger partial charge on any atom is 0.408 e. The number of nitrogens with one attached hydrogen (secondary N) is 2. The molecular formula is C44H44N2O5S. The average Bonchev–Trinajstić information content (AvgIpc) is 3.50. The molecule has 2 atom stereocenters. The average molecular weight is 713 g/mol. The van der Waals surface area contributed by atoms with Crippen LogP contribution in [0.1, 0.15) is 54.5 Å². The van der Waals surface area contributed by atoms with Gasteiger partial charge in [-0.15, -0.1) is 11.8 Å². The van der Waals surface area contributed by atoms with Crippen LogP contribution < -0.4 is 15.4 Å². The number of hydrogen-bond acceptors (Lipinski definition) is 6. The van der Waals surface area contributed by atoms with Gasteiger partial charge in [0.25, 0.3) is 0 Å². The lowest BCUT2D eigenvalue weighted by molar-refractivity contribution is -0.129. The maximum atomic E-state index is 14.3. The first-order chi connectivity index (χ1) is 25.2. The Balaban J connectivity index is 1.34. The van der Waals surface area contributed by atoms with Crippen LogP contribution in [0.2, 0.25) is 0 Å². The largest absolute Gasteiger partial charge is 0.497 e. The Bertz CT molecular complexity index is 1920. The maximum absolute atomic E-state index is 14.3. The number of hydrogen-bond donors (Lipinski definition) is 2. The molecule has 5 aromatic carbocycles. The molecule has 0 saturated heterocycles. The molecule has 0 fully saturated rings. The van der Waals surface area contributed by atoms with E-state index in [0.717, 1.165) is 51.0 Å². The lowest BCUT2D eigenvalue weighted by Gasteiger charge is -2.39. The Morgan fingerprint density at radius 3 is 1.75 bits per heavy atom. The molecule has 0 heterocycles. The highest BCUT2D eigenvalue weighted by Gasteiger charge is 2.44. The van der Waals surface area contributed by atoms with Gasteiger partial charge in [-0.05, 0) is 63.9 Å². The van der Waals surface area contributed by atoms with Crippen LogP contribution in [0.4, 0.5) is 4.79 Å². The summed E-state index contributed by atoms with van der Waals surface area (Å²) in [5.41, 5.74) is 5.89. The molecule has 0 aromatic heterocycles. The predicted octanol–water partition coefficient (Wildman–Crippen LogP) is 8.36. The van der Waals surface area contributed by atoms with Crippen molar-refractivity contribution < 1.29 is 23.9 Å². The van der Waals surface area contributed by atoms with E-state index < -0.39 is 28.3 Å². The number of carbonyl (C=O) groups is 3. The minimum absolute atomic E-state index is 0.0947. The second-order valence-corrected chi connectivity index (χ2v) is 14.8. The topological polar surface area (TPSA) is 93.7 Å². The van der Waals surface area contributed by atoms with Crippen LogP contribution in [0.25, 0.3) is 11.1 Å². The van der Waals surface area contributed by atoms with Gasteiger partial charge in [-0.25, -0.2) is 4.79 Å². The first-order valence-electron chi connectivity index (χ1n) is 17.5. The van der Waals surface area contributed by atoms with Gasteiger partial charge in [0.05, 0.1) is 17.9 Å². The lowest BCUT2D eigenvalue weighted by Crippen LogP contribution is -2.61. The molecule has 0 bridgehead atoms. The van der Waals surface area contributed by atoms with E-state index in [1.807, 2.05) is 98.8 Å². The van der Waals surface area contributed by atoms with Crippen molar-refractivity contribution in [2.24, 2.45) is 5.92 Å². The minimum Gasteiger partial charge on any atom is -0.497 e. The zero-order valence-electron chi connectivity index (χ0n) is 29.9. The number of alkyl carbamates (subject to hydrolysis) is 1. The van der Waals surface area contributed by atoms with Crippen LogP contribution in [0.15, 0.2) is 133 Å². The molecule has 0 unspecified atom stereocenters. The summed E-state index contributed by atoms with van der Waals surface area (Å²) in [7, 11) is 1.63. The molecule has 0 saturated carbocycles. The van der Waals surface area contributed by atoms with Crippen molar-refractivity contribution in [3.8, 4) is 16.9 Å². The highest BCUT2D eigenvalue weighted by Crippen LogP contribution is 2.50. The lowest BCUT2D eigenvalue weighted by atomic mass is 9.84. The summed E-state index contributed by atoms with van der Waals surface area (Å²) in [4.78, 5) is 40.2. The fraction of sp³-hybridized carbons (Fsp3) is 0.250. The van der Waals surface area contributed by atoms with Gasteiger partial charge >= 0.3 is 6.09 Å². The number of carbonyl (C=O) groups excluding carboxylic acids is 3. The summed E-state index contributed by atoms with van der Waals surface area (Å²) in [6.07, 6.45) is 0.0146. The van der Waals surface area contributed by atoms with Crippen LogP contribution in [0, 0.1) is 5.92 Å². The molecule has 5 aromatic rings. The molecule has 52 heavy (non-hydrogen) atoms. The molecule has 1 aliphatic rings. The molecule has 1 aliphatic carbocycles. The normalized spacial score (nSPS) is 14.0. The number of ether oxygens (including phenoxy) is 2. The number of benzene rings is 5. The van der Waals surface area contributed by atoms with Crippen molar-refractivity contribution in [2.45, 2.75) is 43.0 Å². The van der Waals surface area contributed by atoms with E-state index >= 15 is 0 Å². The summed E-state index contributed by atoms with van der Waals surface area (Å²) >= 11 is 1.53. The van der Waals surface area contributed by atoms with Gasteiger partial charge < -0.3 is 24.9 Å². The molecule has 6 rings (SSSR count). The first kappa shape index (κ1) is 36.5. The highest BCUT2D eigenvalue weighted by atomic mass is 32.2. The van der Waals surface area contributed by atoms with E-state index in [1.54, 1.807) is 14.0 Å². The van der Waals surface area contributed by atoms with Gasteiger partial charge in [0, 0.05) is 11.7 Å². The van der Waals surface area contributed by atoms with E-state index in [1.165, 1.54) is 11.8 Å². The molecule has 0 radical (unpaired) electrons. The van der Waals surface area contributed by atoms with E-state index in [0.29, 0.717) is 0 Å². The van der Waals surface area contributed by atoms with Crippen molar-refractivity contribution in [3.05, 3.63) is 161 Å². The van der Waals surface area contributed by atoms with Crippen LogP contribution in [-0.2, 0) is 19.1 Å². The number of thioether (sulfide) groups is 1. The molecule has 266 valence electrons. The first-order valence-corrected chi connectivity index (χ1v) is 18.5. The molecular weight excluding hydrogens is 669 g/mol. The fourth-order valence-electron chi connectivity index (χ4n) is 6.86. The van der Waals surface area contributed by atoms with Gasteiger partial charge in [-0.3, -0.25) is 4.79 Å². The zero-order valence-corrected chi connectivity index (χ0v) is 30.7. The van der Waals surface area contributed by atoms with Crippen molar-refractivity contribution in [1.29, 1.82) is 0 Å². The Hall–Kier alpha value is -5.34. The predicted molar refractivity (Wildman–Crippen MR) is 208 cm³/mol. The van der Waals surface area contributed by atoms with Gasteiger partial charge in [-0.1, -0.05) is 135 Å². The zero-order chi connectivity index (χ0) is 36.7. The van der Waals surface area contributed by atoms with Gasteiger partial charge in [0.2, 0.25) is 5.91 Å². The van der Waals surface area contributed by atoms with Crippen molar-refractivity contribution in [1.82, 2.24) is 10.6 Å². The third-order valence-electron chi connectivity index (χ3n) is 9.82. The molecule has 0 aliphatic heterocycles. The van der Waals surface area contributed by atoms with Crippen LogP contribution in [-0.4, -0.2) is 49.3 Å². The van der Waals surface area contributed by atoms with Crippen LogP contribution >= 0.6 is 11.8 Å². The minimum atomic E-state index is -1.50. The number of rotatable bonds is 14. The van der Waals surface area contributed by atoms with Gasteiger partial charge in [0.1, 0.15) is 24.2 Å². The smallest absolute Gasteiger partial charge is 0.408 e. The van der Waals surface area contributed by atoms with Crippen molar-refractivity contribution in [3.63, 3.8) is 0 Å². The quantitative estimate of drug-likeness (QED) is 0.0888. The second kappa shape index (κ2) is 15.9. The summed E-state index contributed by atoms with van der Waals surface area (Å²) in [6.45, 7) is 5.51. The number of methoxy groups -OCH3 is 1. The van der Waals surface area contributed by atoms with Crippen molar-refractivity contribution in [2.75, 3.05) is 19.5 Å². The van der Waals surface area contributed by atoms with Gasteiger partial charge in [0.15, 0.2) is 0 Å². The fourth-order valence-corrected chi connectivity index (χ4v) is 8.48. The molecule has 0 spiro atoms. The van der Waals surface area contributed by atoms with E-state index in [-0.39, 0.29) is 24.2 Å². The monoisotopic (exact) mass is 712 g/mol. The summed E-state index contributed by atoms with van der Waals surface area (Å²) in [5, 5.41) is 5.85. The van der Waals surface area contributed by atoms with Crippen LogP contribution in [0.5, 0.6) is 5.75 Å². The number of aldehydes is 1. The van der Waals surface area contributed by atoms with E-state index in [9.17, 15) is 14.4 Å². The van der Waals surface area contributed by atoms with E-state index in [4.69, 9.17) is 9.47 Å². The molecule has 8 heteroatoms. The van der Waals surface area contributed by atoms with Gasteiger partial charge in [-0.2, -0.15) is 0 Å². The number of amides is 2. The molecule has 2 N–H and O–H groups in total. The molecule has 7 nitrogen and oxygen atoms in total. The van der Waals surface area contributed by atoms with E-state index in [2.05, 4.69) is 59.2 Å².